The van der Waals surface area contributed by atoms with E-state index in [1.165, 1.54) is 7.11 Å². The molecule has 0 aromatic rings. The Morgan fingerprint density at radius 1 is 1.60 bits per heavy atom. The van der Waals surface area contributed by atoms with E-state index in [1.807, 2.05) is 19.9 Å². The van der Waals surface area contributed by atoms with E-state index in [-0.39, 0.29) is 18.6 Å². The summed E-state index contributed by atoms with van der Waals surface area (Å²) in [6.45, 7) is 4.71. The molecular weight excluding hydrogens is 194 g/mol. The number of carbonyl (C=O) groups is 1. The third kappa shape index (κ3) is 6.25. The van der Waals surface area contributed by atoms with Gasteiger partial charge in [0, 0.05) is 24.8 Å². The lowest BCUT2D eigenvalue weighted by atomic mass is 10.2. The number of ether oxygens (including phenoxy) is 1. The number of methoxy groups -OCH3 is 1. The second-order valence-electron chi connectivity index (χ2n) is 3.40. The van der Waals surface area contributed by atoms with Crippen LogP contribution in [-0.4, -0.2) is 37.4 Å². The van der Waals surface area contributed by atoms with E-state index < -0.39 is 0 Å². The zero-order valence-corrected chi connectivity index (χ0v) is 9.75. The van der Waals surface area contributed by atoms with Crippen molar-refractivity contribution in [1.29, 1.82) is 0 Å². The minimum atomic E-state index is -0.269. The summed E-state index contributed by atoms with van der Waals surface area (Å²) in [6, 6.07) is 0.252. The van der Waals surface area contributed by atoms with Crippen LogP contribution in [0.2, 0.25) is 0 Å². The van der Waals surface area contributed by atoms with Gasteiger partial charge in [0.2, 0.25) is 0 Å². The minimum Gasteiger partial charge on any atom is -0.466 e. The maximum atomic E-state index is 11.2. The van der Waals surface area contributed by atoms with E-state index in [0.29, 0.717) is 25.0 Å². The summed E-state index contributed by atoms with van der Waals surface area (Å²) in [7, 11) is 1.38. The number of rotatable bonds is 7. The molecule has 0 heterocycles. The molecule has 0 aromatic carbocycles. The predicted molar refractivity (Wildman–Crippen MR) is 59.6 cm³/mol. The second kappa shape index (κ2) is 8.44. The Bertz CT molecular complexity index is 214. The van der Waals surface area contributed by atoms with Crippen molar-refractivity contribution in [3.63, 3.8) is 0 Å². The summed E-state index contributed by atoms with van der Waals surface area (Å²) in [6.07, 6.45) is 3.22. The fourth-order valence-electron chi connectivity index (χ4n) is 1.18. The molecule has 0 fully saturated rings. The molecule has 0 aliphatic heterocycles. The van der Waals surface area contributed by atoms with Crippen LogP contribution in [0.4, 0.5) is 0 Å². The molecule has 0 saturated carbocycles. The van der Waals surface area contributed by atoms with Gasteiger partial charge in [-0.2, -0.15) is 0 Å². The summed E-state index contributed by atoms with van der Waals surface area (Å²) in [5.41, 5.74) is 0.682. The highest BCUT2D eigenvalue weighted by atomic mass is 16.5. The molecule has 0 aliphatic rings. The fraction of sp³-hybridized carbons (Fsp3) is 0.727. The number of carbonyl (C=O) groups excluding carboxylic acids is 1. The molecule has 4 nitrogen and oxygen atoms in total. The maximum Gasteiger partial charge on any atom is 0.333 e. The number of nitrogens with one attached hydrogen (secondary N) is 1. The van der Waals surface area contributed by atoms with E-state index in [4.69, 9.17) is 5.11 Å². The van der Waals surface area contributed by atoms with Crippen LogP contribution < -0.4 is 5.32 Å². The topological polar surface area (TPSA) is 58.6 Å². The molecule has 15 heavy (non-hydrogen) atoms. The Balaban J connectivity index is 3.96. The number of hydrogen-bond acceptors (Lipinski definition) is 4. The molecule has 0 aliphatic carbocycles. The van der Waals surface area contributed by atoms with Crippen LogP contribution in [0.3, 0.4) is 0 Å². The van der Waals surface area contributed by atoms with E-state index in [0.717, 1.165) is 0 Å². The van der Waals surface area contributed by atoms with Crippen molar-refractivity contribution in [1.82, 2.24) is 5.32 Å². The van der Waals surface area contributed by atoms with Crippen molar-refractivity contribution in [2.45, 2.75) is 32.7 Å². The Kier molecular flexibility index (Phi) is 7.95. The Morgan fingerprint density at radius 3 is 2.73 bits per heavy atom. The molecule has 1 unspecified atom stereocenters. The van der Waals surface area contributed by atoms with Gasteiger partial charge in [-0.15, -0.1) is 0 Å². The first-order valence-corrected chi connectivity index (χ1v) is 5.27. The van der Waals surface area contributed by atoms with Crippen molar-refractivity contribution >= 4 is 5.97 Å². The van der Waals surface area contributed by atoms with Gasteiger partial charge in [0.1, 0.15) is 0 Å². The highest BCUT2D eigenvalue weighted by molar-refractivity contribution is 5.88. The number of hydrogen-bond donors (Lipinski definition) is 2. The van der Waals surface area contributed by atoms with Gasteiger partial charge < -0.3 is 15.2 Å². The van der Waals surface area contributed by atoms with Crippen molar-refractivity contribution in [2.24, 2.45) is 0 Å². The fourth-order valence-corrected chi connectivity index (χ4v) is 1.18. The quantitative estimate of drug-likeness (QED) is 0.488. The van der Waals surface area contributed by atoms with Gasteiger partial charge in [0.05, 0.1) is 7.11 Å². The Hall–Kier alpha value is -0.870. The Labute approximate surface area is 91.3 Å². The van der Waals surface area contributed by atoms with E-state index in [9.17, 15) is 4.79 Å². The van der Waals surface area contributed by atoms with E-state index in [1.54, 1.807) is 0 Å². The van der Waals surface area contributed by atoms with Crippen molar-refractivity contribution < 1.29 is 14.6 Å². The van der Waals surface area contributed by atoms with Crippen LogP contribution in [0.15, 0.2) is 11.6 Å². The van der Waals surface area contributed by atoms with Crippen molar-refractivity contribution in [2.75, 3.05) is 20.3 Å². The molecule has 0 aromatic heterocycles. The number of aliphatic hydroxyl groups excluding tert-OH is 1. The average Bonchev–Trinajstić information content (AvgIpc) is 2.24. The smallest absolute Gasteiger partial charge is 0.333 e. The molecule has 1 atom stereocenters. The van der Waals surface area contributed by atoms with Gasteiger partial charge in [0.15, 0.2) is 0 Å². The van der Waals surface area contributed by atoms with Crippen LogP contribution in [0.5, 0.6) is 0 Å². The van der Waals surface area contributed by atoms with Crippen LogP contribution in [0.1, 0.15) is 26.7 Å². The average molecular weight is 215 g/mol. The first-order chi connectivity index (χ1) is 7.15. The standard InChI is InChI=1S/C11H21NO3/c1-4-10(11(14)15-3)5-7-12-9(2)6-8-13/h5,9,12-13H,4,6-8H2,1-3H3. The molecule has 0 radical (unpaired) electrons. The molecule has 88 valence electrons. The summed E-state index contributed by atoms with van der Waals surface area (Å²) in [4.78, 5) is 11.2. The lowest BCUT2D eigenvalue weighted by Crippen LogP contribution is -2.27. The van der Waals surface area contributed by atoms with Crippen molar-refractivity contribution in [3.8, 4) is 0 Å². The van der Waals surface area contributed by atoms with Gasteiger partial charge in [-0.25, -0.2) is 4.79 Å². The normalized spacial score (nSPS) is 13.7. The minimum absolute atomic E-state index is 0.176. The molecule has 0 saturated heterocycles. The van der Waals surface area contributed by atoms with Crippen LogP contribution in [0, 0.1) is 0 Å². The van der Waals surface area contributed by atoms with Gasteiger partial charge in [-0.1, -0.05) is 13.0 Å². The Morgan fingerprint density at radius 2 is 2.27 bits per heavy atom. The first kappa shape index (κ1) is 14.1. The van der Waals surface area contributed by atoms with Gasteiger partial charge in [-0.05, 0) is 19.8 Å². The molecule has 2 N–H and O–H groups in total. The predicted octanol–water partition coefficient (Wildman–Crippen LogP) is 0.856. The lowest BCUT2D eigenvalue weighted by Gasteiger charge is -2.10. The number of esters is 1. The highest BCUT2D eigenvalue weighted by Crippen LogP contribution is 2.02. The largest absolute Gasteiger partial charge is 0.466 e. The van der Waals surface area contributed by atoms with Gasteiger partial charge in [-0.3, -0.25) is 0 Å². The molecular formula is C11H21NO3. The summed E-state index contributed by atoms with van der Waals surface area (Å²) in [5, 5.41) is 11.9. The lowest BCUT2D eigenvalue weighted by molar-refractivity contribution is -0.136. The molecule has 0 rings (SSSR count). The molecule has 0 amide bonds. The second-order valence-corrected chi connectivity index (χ2v) is 3.40. The molecule has 4 heteroatoms. The van der Waals surface area contributed by atoms with E-state index in [2.05, 4.69) is 10.1 Å². The van der Waals surface area contributed by atoms with Crippen LogP contribution in [-0.2, 0) is 9.53 Å². The monoisotopic (exact) mass is 215 g/mol. The van der Waals surface area contributed by atoms with Crippen LogP contribution >= 0.6 is 0 Å². The van der Waals surface area contributed by atoms with Gasteiger partial charge in [0.25, 0.3) is 0 Å². The molecule has 0 spiro atoms. The van der Waals surface area contributed by atoms with Crippen molar-refractivity contribution in [3.05, 3.63) is 11.6 Å². The zero-order valence-electron chi connectivity index (χ0n) is 9.75. The SMILES string of the molecule is CCC(=CCNC(C)CCO)C(=O)OC. The summed E-state index contributed by atoms with van der Waals surface area (Å²) in [5.74, 6) is -0.269. The molecule has 0 bridgehead atoms. The maximum absolute atomic E-state index is 11.2. The zero-order chi connectivity index (χ0) is 11.7. The van der Waals surface area contributed by atoms with Crippen LogP contribution in [0.25, 0.3) is 0 Å². The van der Waals surface area contributed by atoms with Gasteiger partial charge >= 0.3 is 5.97 Å². The number of aliphatic hydroxyl groups is 1. The third-order valence-corrected chi connectivity index (χ3v) is 2.21. The summed E-state index contributed by atoms with van der Waals surface area (Å²) < 4.78 is 4.63. The third-order valence-electron chi connectivity index (χ3n) is 2.21. The first-order valence-electron chi connectivity index (χ1n) is 5.27. The summed E-state index contributed by atoms with van der Waals surface area (Å²) >= 11 is 0. The van der Waals surface area contributed by atoms with E-state index >= 15 is 0 Å². The highest BCUT2D eigenvalue weighted by Gasteiger charge is 2.06.